The fraction of sp³-hybridized carbons (Fsp3) is 0.385. The minimum Gasteiger partial charge on any atom is -0.480 e. The van der Waals surface area contributed by atoms with E-state index in [-0.39, 0.29) is 6.54 Å². The number of rotatable bonds is 6. The largest absolute Gasteiger partial charge is 0.480 e. The Hall–Kier alpha value is -2.02. The molecule has 0 amide bonds. The molecule has 4 nitrogen and oxygen atoms in total. The van der Waals surface area contributed by atoms with Gasteiger partial charge in [-0.3, -0.25) is 4.79 Å². The van der Waals surface area contributed by atoms with E-state index in [1.165, 1.54) is 0 Å². The zero-order chi connectivity index (χ0) is 12.7. The summed E-state index contributed by atoms with van der Waals surface area (Å²) in [6.07, 6.45) is 1.97. The number of anilines is 1. The van der Waals surface area contributed by atoms with Crippen LogP contribution in [-0.2, 0) is 4.79 Å². The van der Waals surface area contributed by atoms with E-state index in [4.69, 9.17) is 10.4 Å². The molecule has 90 valence electrons. The second kappa shape index (κ2) is 6.54. The Bertz CT molecular complexity index is 406. The van der Waals surface area contributed by atoms with Gasteiger partial charge in [-0.2, -0.15) is 5.26 Å². The summed E-state index contributed by atoms with van der Waals surface area (Å²) >= 11 is 0. The maximum Gasteiger partial charge on any atom is 0.323 e. The van der Waals surface area contributed by atoms with E-state index in [1.807, 2.05) is 11.0 Å². The molecular formula is C13H16N2O2. The molecule has 0 radical (unpaired) electrons. The van der Waals surface area contributed by atoms with Crippen LogP contribution in [0.2, 0.25) is 0 Å². The number of carboxylic acids is 1. The third-order valence-corrected chi connectivity index (χ3v) is 2.47. The van der Waals surface area contributed by atoms with Crippen molar-refractivity contribution in [2.45, 2.75) is 19.8 Å². The highest BCUT2D eigenvalue weighted by atomic mass is 16.4. The predicted molar refractivity (Wildman–Crippen MR) is 65.9 cm³/mol. The quantitative estimate of drug-likeness (QED) is 0.817. The van der Waals surface area contributed by atoms with Crippen molar-refractivity contribution in [3.63, 3.8) is 0 Å². The zero-order valence-corrected chi connectivity index (χ0v) is 9.89. The normalized spacial score (nSPS) is 9.65. The fourth-order valence-corrected chi connectivity index (χ4v) is 1.56. The summed E-state index contributed by atoms with van der Waals surface area (Å²) in [4.78, 5) is 12.6. The molecule has 0 saturated heterocycles. The van der Waals surface area contributed by atoms with Gasteiger partial charge in [-0.25, -0.2) is 0 Å². The molecule has 1 aromatic carbocycles. The van der Waals surface area contributed by atoms with Gasteiger partial charge in [-0.15, -0.1) is 0 Å². The lowest BCUT2D eigenvalue weighted by atomic mass is 10.2. The smallest absolute Gasteiger partial charge is 0.323 e. The number of carbonyl (C=O) groups is 1. The lowest BCUT2D eigenvalue weighted by Gasteiger charge is -2.22. The van der Waals surface area contributed by atoms with Crippen LogP contribution in [0.5, 0.6) is 0 Å². The van der Waals surface area contributed by atoms with Crippen molar-refractivity contribution in [2.24, 2.45) is 0 Å². The van der Waals surface area contributed by atoms with Gasteiger partial charge in [-0.05, 0) is 30.7 Å². The Morgan fingerprint density at radius 3 is 2.53 bits per heavy atom. The van der Waals surface area contributed by atoms with E-state index in [9.17, 15) is 4.79 Å². The standard InChI is InChI=1S/C13H16N2O2/c1-2-3-8-15(10-13(16)17)12-6-4-11(9-14)5-7-12/h4-7H,2-3,8,10H2,1H3,(H,16,17). The molecule has 0 saturated carbocycles. The molecule has 0 heterocycles. The summed E-state index contributed by atoms with van der Waals surface area (Å²) < 4.78 is 0. The van der Waals surface area contributed by atoms with Crippen LogP contribution in [0.25, 0.3) is 0 Å². The third-order valence-electron chi connectivity index (χ3n) is 2.47. The van der Waals surface area contributed by atoms with E-state index in [2.05, 4.69) is 6.92 Å². The number of unbranched alkanes of at least 4 members (excludes halogenated alkanes) is 1. The first-order chi connectivity index (χ1) is 8.17. The van der Waals surface area contributed by atoms with Crippen LogP contribution in [0.4, 0.5) is 5.69 Å². The minimum absolute atomic E-state index is 0.00804. The SMILES string of the molecule is CCCCN(CC(=O)O)c1ccc(C#N)cc1. The first kappa shape index (κ1) is 13.0. The third kappa shape index (κ3) is 4.15. The summed E-state index contributed by atoms with van der Waals surface area (Å²) in [5.41, 5.74) is 1.43. The summed E-state index contributed by atoms with van der Waals surface area (Å²) in [6.45, 7) is 2.78. The number of nitrogens with zero attached hydrogens (tertiary/aromatic N) is 2. The van der Waals surface area contributed by atoms with Crippen LogP contribution in [0.15, 0.2) is 24.3 Å². The van der Waals surface area contributed by atoms with Crippen molar-refractivity contribution >= 4 is 11.7 Å². The van der Waals surface area contributed by atoms with Crippen molar-refractivity contribution < 1.29 is 9.90 Å². The molecule has 17 heavy (non-hydrogen) atoms. The van der Waals surface area contributed by atoms with Gasteiger partial charge in [0.15, 0.2) is 0 Å². The van der Waals surface area contributed by atoms with E-state index < -0.39 is 5.97 Å². The van der Waals surface area contributed by atoms with Gasteiger partial charge in [0.05, 0.1) is 11.6 Å². The van der Waals surface area contributed by atoms with E-state index in [0.717, 1.165) is 18.5 Å². The van der Waals surface area contributed by atoms with Crippen molar-refractivity contribution in [1.82, 2.24) is 0 Å². The average molecular weight is 232 g/mol. The molecule has 0 aliphatic carbocycles. The first-order valence-corrected chi connectivity index (χ1v) is 5.64. The Kier molecular flexibility index (Phi) is 5.02. The van der Waals surface area contributed by atoms with Gasteiger partial charge in [0.1, 0.15) is 6.54 Å². The van der Waals surface area contributed by atoms with Crippen LogP contribution in [-0.4, -0.2) is 24.2 Å². The van der Waals surface area contributed by atoms with Crippen LogP contribution in [0, 0.1) is 11.3 Å². The first-order valence-electron chi connectivity index (χ1n) is 5.64. The number of nitriles is 1. The highest BCUT2D eigenvalue weighted by Gasteiger charge is 2.09. The average Bonchev–Trinajstić information content (AvgIpc) is 2.34. The molecule has 0 fully saturated rings. The second-order valence-electron chi connectivity index (χ2n) is 3.83. The van der Waals surface area contributed by atoms with E-state index in [1.54, 1.807) is 24.3 Å². The van der Waals surface area contributed by atoms with Crippen LogP contribution in [0.1, 0.15) is 25.3 Å². The number of benzene rings is 1. The Morgan fingerprint density at radius 2 is 2.06 bits per heavy atom. The number of hydrogen-bond donors (Lipinski definition) is 1. The molecule has 1 aromatic rings. The fourth-order valence-electron chi connectivity index (χ4n) is 1.56. The van der Waals surface area contributed by atoms with Crippen LogP contribution < -0.4 is 4.90 Å². The summed E-state index contributed by atoms with van der Waals surface area (Å²) in [6, 6.07) is 9.03. The molecule has 0 unspecified atom stereocenters. The number of carboxylic acid groups (broad SMARTS) is 1. The molecule has 0 spiro atoms. The lowest BCUT2D eigenvalue weighted by Crippen LogP contribution is -2.30. The summed E-state index contributed by atoms with van der Waals surface area (Å²) in [5, 5.41) is 17.5. The lowest BCUT2D eigenvalue weighted by molar-refractivity contribution is -0.135. The van der Waals surface area contributed by atoms with Crippen molar-refractivity contribution in [3.8, 4) is 6.07 Å². The molecule has 1 rings (SSSR count). The molecule has 4 heteroatoms. The maximum absolute atomic E-state index is 10.8. The van der Waals surface area contributed by atoms with Gasteiger partial charge >= 0.3 is 5.97 Å². The number of hydrogen-bond acceptors (Lipinski definition) is 3. The summed E-state index contributed by atoms with van der Waals surface area (Å²) in [5.74, 6) is -0.842. The Labute approximate surface area is 101 Å². The van der Waals surface area contributed by atoms with Crippen molar-refractivity contribution in [1.29, 1.82) is 5.26 Å². The highest BCUT2D eigenvalue weighted by molar-refractivity contribution is 5.73. The minimum atomic E-state index is -0.842. The number of aliphatic carboxylic acids is 1. The van der Waals surface area contributed by atoms with Crippen molar-refractivity contribution in [3.05, 3.63) is 29.8 Å². The Morgan fingerprint density at radius 1 is 1.41 bits per heavy atom. The maximum atomic E-state index is 10.8. The van der Waals surface area contributed by atoms with Gasteiger partial charge in [-0.1, -0.05) is 13.3 Å². The summed E-state index contributed by atoms with van der Waals surface area (Å²) in [7, 11) is 0. The molecule has 0 bridgehead atoms. The monoisotopic (exact) mass is 232 g/mol. The Balaban J connectivity index is 2.80. The molecule has 0 atom stereocenters. The van der Waals surface area contributed by atoms with Crippen LogP contribution in [0.3, 0.4) is 0 Å². The van der Waals surface area contributed by atoms with E-state index in [0.29, 0.717) is 12.1 Å². The van der Waals surface area contributed by atoms with Crippen molar-refractivity contribution in [2.75, 3.05) is 18.0 Å². The topological polar surface area (TPSA) is 64.3 Å². The molecule has 1 N–H and O–H groups in total. The van der Waals surface area contributed by atoms with Crippen LogP contribution >= 0.6 is 0 Å². The predicted octanol–water partition coefficient (Wildman–Crippen LogP) is 2.25. The molecular weight excluding hydrogens is 216 g/mol. The van der Waals surface area contributed by atoms with Gasteiger partial charge in [0.2, 0.25) is 0 Å². The van der Waals surface area contributed by atoms with E-state index >= 15 is 0 Å². The molecule has 0 aromatic heterocycles. The molecule has 0 aliphatic rings. The van der Waals surface area contributed by atoms with Gasteiger partial charge in [0.25, 0.3) is 0 Å². The second-order valence-corrected chi connectivity index (χ2v) is 3.83. The molecule has 0 aliphatic heterocycles. The zero-order valence-electron chi connectivity index (χ0n) is 9.89. The van der Waals surface area contributed by atoms with Gasteiger partial charge < -0.3 is 10.0 Å². The van der Waals surface area contributed by atoms with Gasteiger partial charge in [0, 0.05) is 12.2 Å². The highest BCUT2D eigenvalue weighted by Crippen LogP contribution is 2.15.